The van der Waals surface area contributed by atoms with Crippen molar-refractivity contribution in [2.75, 3.05) is 23.7 Å². The molecule has 49 heavy (non-hydrogen) atoms. The predicted octanol–water partition coefficient (Wildman–Crippen LogP) is 7.86. The Labute approximate surface area is 303 Å². The van der Waals surface area contributed by atoms with Crippen LogP contribution in [0.1, 0.15) is 38.8 Å². The Bertz CT molecular complexity index is 1850. The second-order valence-electron chi connectivity index (χ2n) is 12.3. The molecule has 0 bridgehead atoms. The Morgan fingerprint density at radius 2 is 1.57 bits per heavy atom. The molecule has 8 nitrogen and oxygen atoms in total. The smallest absolute Gasteiger partial charge is 0.264 e. The lowest BCUT2D eigenvalue weighted by molar-refractivity contribution is -0.140. The van der Waals surface area contributed by atoms with Gasteiger partial charge in [0, 0.05) is 33.4 Å². The maximum absolute atomic E-state index is 14.8. The number of para-hydroxylation sites is 2. The van der Waals surface area contributed by atoms with Crippen molar-refractivity contribution in [3.63, 3.8) is 0 Å². The molecule has 0 aromatic heterocycles. The number of thioether (sulfide) groups is 1. The van der Waals surface area contributed by atoms with E-state index >= 15 is 0 Å². The van der Waals surface area contributed by atoms with Crippen molar-refractivity contribution in [3.8, 4) is 5.75 Å². The number of nitrogens with zero attached hydrogens (tertiary/aromatic N) is 2. The van der Waals surface area contributed by atoms with E-state index in [9.17, 15) is 18.0 Å². The molecular weight excluding hydrogens is 701 g/mol. The van der Waals surface area contributed by atoms with Crippen molar-refractivity contribution in [1.29, 1.82) is 0 Å². The van der Waals surface area contributed by atoms with E-state index in [0.29, 0.717) is 21.4 Å². The van der Waals surface area contributed by atoms with Crippen molar-refractivity contribution >= 4 is 62.5 Å². The van der Waals surface area contributed by atoms with Crippen molar-refractivity contribution in [2.24, 2.45) is 0 Å². The van der Waals surface area contributed by atoms with Crippen LogP contribution in [0.15, 0.2) is 107 Å². The van der Waals surface area contributed by atoms with Gasteiger partial charge in [0.05, 0.1) is 17.2 Å². The first-order chi connectivity index (χ1) is 23.2. The summed E-state index contributed by atoms with van der Waals surface area (Å²) >= 11 is 14.3. The van der Waals surface area contributed by atoms with Crippen molar-refractivity contribution in [1.82, 2.24) is 10.2 Å². The van der Waals surface area contributed by atoms with Crippen LogP contribution in [-0.4, -0.2) is 56.1 Å². The van der Waals surface area contributed by atoms with E-state index in [1.54, 1.807) is 61.5 Å². The molecule has 4 aromatic carbocycles. The number of halogens is 2. The summed E-state index contributed by atoms with van der Waals surface area (Å²) in [5.74, 6) is -0.723. The minimum absolute atomic E-state index is 0.00279. The predicted molar refractivity (Wildman–Crippen MR) is 199 cm³/mol. The quantitative estimate of drug-likeness (QED) is 0.132. The fourth-order valence-electron chi connectivity index (χ4n) is 5.17. The summed E-state index contributed by atoms with van der Waals surface area (Å²) in [6.45, 7) is 6.91. The lowest BCUT2D eigenvalue weighted by atomic mass is 10.0. The van der Waals surface area contributed by atoms with Crippen LogP contribution in [-0.2, 0) is 32.6 Å². The monoisotopic (exact) mass is 741 g/mol. The highest BCUT2D eigenvalue weighted by Crippen LogP contribution is 2.34. The average Bonchev–Trinajstić information content (AvgIpc) is 3.06. The molecule has 0 aliphatic heterocycles. The SMILES string of the molecule is CCOc1ccccc1N(CC(=O)N(Cc1ccc(Cl)cc1Cl)[C@@H](Cc1ccccc1)C(=O)NC(C)(C)C)S(=O)(=O)c1ccc(SC)cc1. The number of anilines is 1. The fourth-order valence-corrected chi connectivity index (χ4v) is 7.47. The number of benzene rings is 4. The van der Waals surface area contributed by atoms with Gasteiger partial charge in [-0.3, -0.25) is 13.9 Å². The normalized spacial score (nSPS) is 12.2. The Morgan fingerprint density at radius 3 is 2.18 bits per heavy atom. The maximum Gasteiger partial charge on any atom is 0.264 e. The van der Waals surface area contributed by atoms with Crippen LogP contribution >= 0.6 is 35.0 Å². The van der Waals surface area contributed by atoms with Crippen LogP contribution in [0.5, 0.6) is 5.75 Å². The number of carbonyl (C=O) groups is 2. The third kappa shape index (κ3) is 10.2. The van der Waals surface area contributed by atoms with Gasteiger partial charge in [-0.15, -0.1) is 11.8 Å². The molecule has 4 rings (SSSR count). The van der Waals surface area contributed by atoms with Gasteiger partial charge in [0.25, 0.3) is 10.0 Å². The zero-order valence-corrected chi connectivity index (χ0v) is 31.3. The zero-order valence-electron chi connectivity index (χ0n) is 28.2. The molecule has 0 saturated carbocycles. The van der Waals surface area contributed by atoms with Crippen LogP contribution in [0, 0.1) is 0 Å². The van der Waals surface area contributed by atoms with Crippen molar-refractivity contribution < 1.29 is 22.7 Å². The van der Waals surface area contributed by atoms with Gasteiger partial charge in [-0.05, 0) is 93.6 Å². The Kier molecular flexibility index (Phi) is 13.1. The molecule has 0 aliphatic rings. The summed E-state index contributed by atoms with van der Waals surface area (Å²) in [5.41, 5.74) is 0.928. The van der Waals surface area contributed by atoms with E-state index in [4.69, 9.17) is 27.9 Å². The van der Waals surface area contributed by atoms with Crippen molar-refractivity contribution in [2.45, 2.75) is 62.0 Å². The van der Waals surface area contributed by atoms with Crippen LogP contribution < -0.4 is 14.4 Å². The van der Waals surface area contributed by atoms with Gasteiger partial charge < -0.3 is 15.0 Å². The minimum Gasteiger partial charge on any atom is -0.492 e. The third-order valence-corrected chi connectivity index (χ3v) is 10.6. The van der Waals surface area contributed by atoms with Crippen LogP contribution in [0.4, 0.5) is 5.69 Å². The first-order valence-corrected chi connectivity index (χ1v) is 19.1. The number of nitrogens with one attached hydrogen (secondary N) is 1. The summed E-state index contributed by atoms with van der Waals surface area (Å²) in [5, 5.41) is 3.74. The molecule has 2 amide bonds. The molecular formula is C37H41Cl2N3O5S2. The first-order valence-electron chi connectivity index (χ1n) is 15.7. The van der Waals surface area contributed by atoms with Gasteiger partial charge in [0.1, 0.15) is 18.3 Å². The van der Waals surface area contributed by atoms with Gasteiger partial charge in [-0.1, -0.05) is 71.7 Å². The van der Waals surface area contributed by atoms with E-state index in [1.165, 1.54) is 28.8 Å². The zero-order chi connectivity index (χ0) is 35.8. The number of amides is 2. The Morgan fingerprint density at radius 1 is 0.918 bits per heavy atom. The van der Waals surface area contributed by atoms with E-state index in [-0.39, 0.29) is 30.2 Å². The molecule has 4 aromatic rings. The topological polar surface area (TPSA) is 96.0 Å². The molecule has 0 aliphatic carbocycles. The standard InChI is InChI=1S/C37H41Cl2N3O5S2/c1-6-47-34-15-11-10-14-32(34)42(49(45,46)30-20-18-29(48-5)19-21-30)25-35(43)41(24-27-16-17-28(38)23-31(27)39)33(36(44)40-37(2,3)4)22-26-12-8-7-9-13-26/h7-21,23,33H,6,22,24-25H2,1-5H3,(H,40,44)/t33-/m0/s1. The Hall–Kier alpha value is -3.70. The number of rotatable bonds is 14. The second kappa shape index (κ2) is 16.8. The molecule has 1 N–H and O–H groups in total. The maximum atomic E-state index is 14.8. The highest BCUT2D eigenvalue weighted by molar-refractivity contribution is 7.98. The van der Waals surface area contributed by atoms with E-state index in [2.05, 4.69) is 5.32 Å². The Balaban J connectivity index is 1.87. The molecule has 0 heterocycles. The summed E-state index contributed by atoms with van der Waals surface area (Å²) in [6.07, 6.45) is 2.06. The van der Waals surface area contributed by atoms with E-state index < -0.39 is 40.0 Å². The lowest BCUT2D eigenvalue weighted by Crippen LogP contribution is -2.56. The number of sulfonamides is 1. The minimum atomic E-state index is -4.32. The summed E-state index contributed by atoms with van der Waals surface area (Å²) in [7, 11) is -4.32. The second-order valence-corrected chi connectivity index (χ2v) is 15.9. The number of ether oxygens (including phenoxy) is 1. The highest BCUT2D eigenvalue weighted by Gasteiger charge is 2.36. The van der Waals surface area contributed by atoms with Gasteiger partial charge >= 0.3 is 0 Å². The van der Waals surface area contributed by atoms with Crippen LogP contribution in [0.2, 0.25) is 10.0 Å². The molecule has 0 fully saturated rings. The molecule has 12 heteroatoms. The van der Waals surface area contributed by atoms with Gasteiger partial charge in [0.15, 0.2) is 0 Å². The van der Waals surface area contributed by atoms with E-state index in [1.807, 2.05) is 57.4 Å². The van der Waals surface area contributed by atoms with Gasteiger partial charge in [0.2, 0.25) is 11.8 Å². The summed E-state index contributed by atoms with van der Waals surface area (Å²) in [4.78, 5) is 31.2. The fraction of sp³-hybridized carbons (Fsp3) is 0.297. The molecule has 260 valence electrons. The summed E-state index contributed by atoms with van der Waals surface area (Å²) in [6, 6.07) is 26.4. The third-order valence-electron chi connectivity index (χ3n) is 7.49. The van der Waals surface area contributed by atoms with Gasteiger partial charge in [-0.25, -0.2) is 8.42 Å². The number of hydrogen-bond donors (Lipinski definition) is 1. The summed E-state index contributed by atoms with van der Waals surface area (Å²) < 4.78 is 35.8. The molecule has 0 spiro atoms. The first kappa shape index (κ1) is 38.1. The largest absolute Gasteiger partial charge is 0.492 e. The lowest BCUT2D eigenvalue weighted by Gasteiger charge is -2.35. The average molecular weight is 743 g/mol. The number of hydrogen-bond acceptors (Lipinski definition) is 6. The molecule has 0 unspecified atom stereocenters. The van der Waals surface area contributed by atoms with Gasteiger partial charge in [-0.2, -0.15) is 0 Å². The molecule has 1 atom stereocenters. The van der Waals surface area contributed by atoms with Crippen LogP contribution in [0.3, 0.4) is 0 Å². The van der Waals surface area contributed by atoms with Crippen molar-refractivity contribution in [3.05, 3.63) is 118 Å². The molecule has 0 radical (unpaired) electrons. The molecule has 0 saturated heterocycles. The van der Waals surface area contributed by atoms with Crippen LogP contribution in [0.25, 0.3) is 0 Å². The number of carbonyl (C=O) groups excluding carboxylic acids is 2. The van der Waals surface area contributed by atoms with E-state index in [0.717, 1.165) is 14.8 Å². The highest BCUT2D eigenvalue weighted by atomic mass is 35.5.